The van der Waals surface area contributed by atoms with Crippen molar-refractivity contribution < 1.29 is 4.74 Å². The third-order valence-electron chi connectivity index (χ3n) is 3.47. The average Bonchev–Trinajstić information content (AvgIpc) is 3.04. The molecule has 0 aliphatic carbocycles. The summed E-state index contributed by atoms with van der Waals surface area (Å²) in [5, 5.41) is 8.83. The van der Waals surface area contributed by atoms with Crippen molar-refractivity contribution in [3.63, 3.8) is 0 Å². The highest BCUT2D eigenvalue weighted by Gasteiger charge is 2.14. The van der Waals surface area contributed by atoms with Crippen molar-refractivity contribution in [2.75, 3.05) is 46.9 Å². The van der Waals surface area contributed by atoms with Crippen LogP contribution in [0, 0.1) is 5.92 Å². The molecule has 0 saturated carbocycles. The van der Waals surface area contributed by atoms with Gasteiger partial charge in [-0.05, 0) is 44.8 Å². The second-order valence-electron chi connectivity index (χ2n) is 6.46. The van der Waals surface area contributed by atoms with Gasteiger partial charge >= 0.3 is 0 Å². The van der Waals surface area contributed by atoms with Crippen molar-refractivity contribution in [2.45, 2.75) is 33.2 Å². The molecule has 0 aliphatic rings. The summed E-state index contributed by atoms with van der Waals surface area (Å²) >= 11 is 1.79. The summed E-state index contributed by atoms with van der Waals surface area (Å²) < 4.78 is 5.61. The number of hydrogen-bond acceptors (Lipinski definition) is 4. The van der Waals surface area contributed by atoms with Gasteiger partial charge in [-0.25, -0.2) is 0 Å². The normalized spacial score (nSPS) is 13.5. The maximum Gasteiger partial charge on any atom is 0.191 e. The first-order valence-corrected chi connectivity index (χ1v) is 9.72. The smallest absolute Gasteiger partial charge is 0.191 e. The van der Waals surface area contributed by atoms with Crippen LogP contribution in [-0.4, -0.2) is 57.8 Å². The molecule has 0 amide bonds. The molecule has 1 heterocycles. The molecular weight excluding hydrogens is 320 g/mol. The van der Waals surface area contributed by atoms with Gasteiger partial charge in [0, 0.05) is 31.2 Å². The van der Waals surface area contributed by atoms with E-state index in [2.05, 4.69) is 67.9 Å². The Morgan fingerprint density at radius 3 is 2.71 bits per heavy atom. The molecular formula is C18H34N4OS. The van der Waals surface area contributed by atoms with E-state index in [0.29, 0.717) is 12.0 Å². The highest BCUT2D eigenvalue weighted by molar-refractivity contribution is 7.10. The molecule has 138 valence electrons. The van der Waals surface area contributed by atoms with E-state index < -0.39 is 0 Å². The van der Waals surface area contributed by atoms with Crippen LogP contribution < -0.4 is 10.6 Å². The average molecular weight is 355 g/mol. The van der Waals surface area contributed by atoms with Crippen molar-refractivity contribution in [3.8, 4) is 0 Å². The predicted octanol–water partition coefficient (Wildman–Crippen LogP) is 2.97. The van der Waals surface area contributed by atoms with E-state index in [4.69, 9.17) is 9.73 Å². The Kier molecular flexibility index (Phi) is 10.7. The molecule has 6 heteroatoms. The van der Waals surface area contributed by atoms with Crippen molar-refractivity contribution in [3.05, 3.63) is 22.4 Å². The predicted molar refractivity (Wildman–Crippen MR) is 105 cm³/mol. The van der Waals surface area contributed by atoms with Crippen LogP contribution in [0.3, 0.4) is 0 Å². The van der Waals surface area contributed by atoms with Gasteiger partial charge in [0.1, 0.15) is 0 Å². The zero-order valence-electron chi connectivity index (χ0n) is 15.8. The Bertz CT molecular complexity index is 446. The number of ether oxygens (including phenoxy) is 1. The van der Waals surface area contributed by atoms with Gasteiger partial charge in [-0.15, -0.1) is 11.3 Å². The molecule has 1 aromatic heterocycles. The molecule has 0 aliphatic heterocycles. The largest absolute Gasteiger partial charge is 0.381 e. The third-order valence-corrected chi connectivity index (χ3v) is 4.44. The number of rotatable bonds is 11. The van der Waals surface area contributed by atoms with E-state index in [1.807, 2.05) is 0 Å². The van der Waals surface area contributed by atoms with Crippen molar-refractivity contribution in [1.82, 2.24) is 15.5 Å². The minimum atomic E-state index is 0.315. The molecule has 1 aromatic rings. The number of guanidine groups is 1. The van der Waals surface area contributed by atoms with E-state index in [1.165, 1.54) is 4.88 Å². The van der Waals surface area contributed by atoms with Crippen LogP contribution in [-0.2, 0) is 4.74 Å². The SMILES string of the molecule is CCNC(=NCC(c1cccs1)N(C)C)NCCCOCC(C)C. The number of hydrogen-bond donors (Lipinski definition) is 2. The molecule has 24 heavy (non-hydrogen) atoms. The van der Waals surface area contributed by atoms with Gasteiger partial charge in [-0.3, -0.25) is 4.99 Å². The molecule has 0 fully saturated rings. The fourth-order valence-corrected chi connectivity index (χ4v) is 3.12. The number of nitrogens with one attached hydrogen (secondary N) is 2. The summed E-state index contributed by atoms with van der Waals surface area (Å²) in [4.78, 5) is 8.33. The zero-order chi connectivity index (χ0) is 17.8. The third kappa shape index (κ3) is 8.66. The molecule has 1 unspecified atom stereocenters. The first kappa shape index (κ1) is 20.9. The molecule has 0 bridgehead atoms. The fraction of sp³-hybridized carbons (Fsp3) is 0.722. The monoisotopic (exact) mass is 354 g/mol. The molecule has 0 spiro atoms. The summed E-state index contributed by atoms with van der Waals surface area (Å²) in [6, 6.07) is 4.59. The van der Waals surface area contributed by atoms with Crippen LogP contribution >= 0.6 is 11.3 Å². The van der Waals surface area contributed by atoms with Crippen molar-refractivity contribution in [2.24, 2.45) is 10.9 Å². The van der Waals surface area contributed by atoms with Gasteiger partial charge < -0.3 is 20.3 Å². The van der Waals surface area contributed by atoms with E-state index >= 15 is 0 Å². The van der Waals surface area contributed by atoms with Crippen LogP contribution in [0.15, 0.2) is 22.5 Å². The van der Waals surface area contributed by atoms with Crippen LogP contribution in [0.25, 0.3) is 0 Å². The second-order valence-corrected chi connectivity index (χ2v) is 7.44. The lowest BCUT2D eigenvalue weighted by molar-refractivity contribution is 0.108. The van der Waals surface area contributed by atoms with E-state index in [-0.39, 0.29) is 0 Å². The van der Waals surface area contributed by atoms with Crippen LogP contribution in [0.5, 0.6) is 0 Å². The number of likely N-dealkylation sites (N-methyl/N-ethyl adjacent to an activating group) is 1. The molecule has 0 saturated heterocycles. The zero-order valence-corrected chi connectivity index (χ0v) is 16.7. The molecule has 0 aromatic carbocycles. The maximum absolute atomic E-state index is 5.61. The fourth-order valence-electron chi connectivity index (χ4n) is 2.21. The van der Waals surface area contributed by atoms with E-state index in [1.54, 1.807) is 11.3 Å². The van der Waals surface area contributed by atoms with Gasteiger partial charge in [0.05, 0.1) is 12.6 Å². The summed E-state index contributed by atoms with van der Waals surface area (Å²) in [6.45, 7) is 10.5. The maximum atomic E-state index is 5.61. The van der Waals surface area contributed by atoms with Gasteiger partial charge in [0.15, 0.2) is 5.96 Å². The Morgan fingerprint density at radius 2 is 2.12 bits per heavy atom. The van der Waals surface area contributed by atoms with Crippen molar-refractivity contribution in [1.29, 1.82) is 0 Å². The Morgan fingerprint density at radius 1 is 1.33 bits per heavy atom. The Hall–Kier alpha value is -1.11. The summed E-state index contributed by atoms with van der Waals surface area (Å²) in [7, 11) is 4.21. The van der Waals surface area contributed by atoms with E-state index in [0.717, 1.165) is 45.2 Å². The highest BCUT2D eigenvalue weighted by atomic mass is 32.1. The van der Waals surface area contributed by atoms with Gasteiger partial charge in [0.2, 0.25) is 0 Å². The minimum Gasteiger partial charge on any atom is -0.381 e. The van der Waals surface area contributed by atoms with Crippen LogP contribution in [0.4, 0.5) is 0 Å². The molecule has 1 rings (SSSR count). The van der Waals surface area contributed by atoms with Gasteiger partial charge in [-0.1, -0.05) is 19.9 Å². The number of thiophene rings is 1. The van der Waals surface area contributed by atoms with Crippen LogP contribution in [0.2, 0.25) is 0 Å². The number of nitrogens with zero attached hydrogens (tertiary/aromatic N) is 2. The van der Waals surface area contributed by atoms with Crippen molar-refractivity contribution >= 4 is 17.3 Å². The second kappa shape index (κ2) is 12.3. The molecule has 0 radical (unpaired) electrons. The van der Waals surface area contributed by atoms with E-state index in [9.17, 15) is 0 Å². The lowest BCUT2D eigenvalue weighted by atomic mass is 10.2. The standard InChI is InChI=1S/C18H34N4OS/c1-6-19-18(20-10-8-11-23-14-15(2)3)21-13-16(22(4)5)17-9-7-12-24-17/h7,9,12,15-16H,6,8,10-11,13-14H2,1-5H3,(H2,19,20,21). The van der Waals surface area contributed by atoms with Gasteiger partial charge in [0.25, 0.3) is 0 Å². The lowest BCUT2D eigenvalue weighted by Crippen LogP contribution is -2.38. The first-order valence-electron chi connectivity index (χ1n) is 8.84. The van der Waals surface area contributed by atoms with Crippen LogP contribution in [0.1, 0.15) is 38.1 Å². The Labute approximate surface area is 151 Å². The topological polar surface area (TPSA) is 48.9 Å². The Balaban J connectivity index is 2.43. The quantitative estimate of drug-likeness (QED) is 0.364. The molecule has 1 atom stereocenters. The molecule has 2 N–H and O–H groups in total. The summed E-state index contributed by atoms with van der Waals surface area (Å²) in [6.07, 6.45) is 0.985. The summed E-state index contributed by atoms with van der Waals surface area (Å²) in [5.41, 5.74) is 0. The highest BCUT2D eigenvalue weighted by Crippen LogP contribution is 2.23. The lowest BCUT2D eigenvalue weighted by Gasteiger charge is -2.22. The van der Waals surface area contributed by atoms with Gasteiger partial charge in [-0.2, -0.15) is 0 Å². The number of aliphatic imine (C=N–C) groups is 1. The minimum absolute atomic E-state index is 0.315. The summed E-state index contributed by atoms with van der Waals surface area (Å²) in [5.74, 6) is 1.47. The molecule has 5 nitrogen and oxygen atoms in total. The first-order chi connectivity index (χ1) is 11.5.